The Bertz CT molecular complexity index is 793. The number of hydrazone groups is 1. The first-order valence-corrected chi connectivity index (χ1v) is 7.93. The number of methoxy groups -OCH3 is 2. The van der Waals surface area contributed by atoms with Crippen LogP contribution in [0.1, 0.15) is 12.5 Å². The summed E-state index contributed by atoms with van der Waals surface area (Å²) in [4.78, 5) is 11.8. The van der Waals surface area contributed by atoms with Gasteiger partial charge >= 0.3 is 0 Å². The number of carbonyl (C=O) groups is 1. The molecule has 2 rings (SSSR count). The zero-order valence-electron chi connectivity index (χ0n) is 14.9. The molecule has 0 aliphatic carbocycles. The average Bonchev–Trinajstić information content (AvgIpc) is 2.64. The third-order valence-electron chi connectivity index (χ3n) is 3.45. The summed E-state index contributed by atoms with van der Waals surface area (Å²) >= 11 is 0. The van der Waals surface area contributed by atoms with Crippen LogP contribution in [0.2, 0.25) is 0 Å². The highest BCUT2D eigenvalue weighted by Crippen LogP contribution is 2.27. The smallest absolute Gasteiger partial charge is 0.277 e. The molecule has 0 fully saturated rings. The third kappa shape index (κ3) is 5.77. The van der Waals surface area contributed by atoms with E-state index in [1.165, 1.54) is 18.2 Å². The van der Waals surface area contributed by atoms with Crippen LogP contribution in [0, 0.1) is 5.82 Å². The van der Waals surface area contributed by atoms with Gasteiger partial charge in [0.25, 0.3) is 5.91 Å². The van der Waals surface area contributed by atoms with Crippen molar-refractivity contribution in [3.8, 4) is 17.2 Å². The molecule has 1 amide bonds. The minimum absolute atomic E-state index is 0.253. The summed E-state index contributed by atoms with van der Waals surface area (Å²) < 4.78 is 28.7. The quantitative estimate of drug-likeness (QED) is 0.580. The van der Waals surface area contributed by atoms with Gasteiger partial charge in [0.05, 0.1) is 14.2 Å². The number of carbonyl (C=O) groups excluding carboxylic acids is 1. The van der Waals surface area contributed by atoms with Gasteiger partial charge in [0.1, 0.15) is 11.6 Å². The van der Waals surface area contributed by atoms with E-state index in [1.807, 2.05) is 18.2 Å². The molecule has 0 atom stereocenters. The van der Waals surface area contributed by atoms with Crippen molar-refractivity contribution in [2.24, 2.45) is 5.10 Å². The van der Waals surface area contributed by atoms with Crippen LogP contribution in [-0.2, 0) is 11.2 Å². The van der Waals surface area contributed by atoms with E-state index in [-0.39, 0.29) is 12.4 Å². The summed E-state index contributed by atoms with van der Waals surface area (Å²) in [6.07, 6.45) is 0.533. The maximum atomic E-state index is 13.0. The van der Waals surface area contributed by atoms with Crippen LogP contribution >= 0.6 is 0 Å². The third-order valence-corrected chi connectivity index (χ3v) is 3.45. The van der Waals surface area contributed by atoms with Crippen molar-refractivity contribution in [1.29, 1.82) is 0 Å². The van der Waals surface area contributed by atoms with E-state index >= 15 is 0 Å². The summed E-state index contributed by atoms with van der Waals surface area (Å²) in [6.45, 7) is 1.54. The van der Waals surface area contributed by atoms with E-state index < -0.39 is 11.7 Å². The van der Waals surface area contributed by atoms with Crippen LogP contribution in [0.4, 0.5) is 4.39 Å². The number of amides is 1. The number of nitrogens with one attached hydrogen (secondary N) is 1. The van der Waals surface area contributed by atoms with Gasteiger partial charge in [-0.2, -0.15) is 5.10 Å². The molecule has 0 heterocycles. The Hall–Kier alpha value is -3.09. The zero-order valence-corrected chi connectivity index (χ0v) is 14.9. The van der Waals surface area contributed by atoms with Gasteiger partial charge in [-0.1, -0.05) is 12.1 Å². The molecule has 0 saturated heterocycles. The Morgan fingerprint density at radius 3 is 2.58 bits per heavy atom. The van der Waals surface area contributed by atoms with E-state index in [9.17, 15) is 9.18 Å². The SMILES string of the molecule is COc1ccc(C/C(C)=N\NC(=O)COc2cccc(F)c2)cc1OC. The van der Waals surface area contributed by atoms with Crippen LogP contribution in [-0.4, -0.2) is 32.4 Å². The highest BCUT2D eigenvalue weighted by molar-refractivity contribution is 5.86. The highest BCUT2D eigenvalue weighted by atomic mass is 19.1. The Kier molecular flexibility index (Phi) is 6.96. The van der Waals surface area contributed by atoms with Gasteiger partial charge < -0.3 is 14.2 Å². The number of halogens is 1. The topological polar surface area (TPSA) is 69.2 Å². The largest absolute Gasteiger partial charge is 0.493 e. The monoisotopic (exact) mass is 360 g/mol. The lowest BCUT2D eigenvalue weighted by atomic mass is 10.1. The number of hydrogen-bond donors (Lipinski definition) is 1. The van der Waals surface area contributed by atoms with Crippen molar-refractivity contribution in [2.75, 3.05) is 20.8 Å². The molecule has 6 nitrogen and oxygen atoms in total. The molecule has 26 heavy (non-hydrogen) atoms. The Balaban J connectivity index is 1.86. The normalized spacial score (nSPS) is 11.0. The van der Waals surface area contributed by atoms with Crippen molar-refractivity contribution >= 4 is 11.6 Å². The van der Waals surface area contributed by atoms with Gasteiger partial charge in [-0.05, 0) is 36.8 Å². The summed E-state index contributed by atoms with van der Waals surface area (Å²) in [6, 6.07) is 11.2. The van der Waals surface area contributed by atoms with E-state index in [2.05, 4.69) is 10.5 Å². The Labute approximate surface area is 151 Å². The van der Waals surface area contributed by atoms with Gasteiger partial charge in [0.15, 0.2) is 18.1 Å². The van der Waals surface area contributed by atoms with E-state index in [1.54, 1.807) is 27.2 Å². The van der Waals surface area contributed by atoms with E-state index in [0.29, 0.717) is 23.6 Å². The highest BCUT2D eigenvalue weighted by Gasteiger charge is 2.06. The zero-order chi connectivity index (χ0) is 18.9. The van der Waals surface area contributed by atoms with E-state index in [4.69, 9.17) is 14.2 Å². The molecule has 0 aromatic heterocycles. The van der Waals surface area contributed by atoms with Crippen LogP contribution in [0.25, 0.3) is 0 Å². The summed E-state index contributed by atoms with van der Waals surface area (Å²) in [7, 11) is 3.15. The maximum absolute atomic E-state index is 13.0. The number of ether oxygens (including phenoxy) is 3. The van der Waals surface area contributed by atoms with Crippen LogP contribution in [0.3, 0.4) is 0 Å². The van der Waals surface area contributed by atoms with Gasteiger partial charge in [-0.15, -0.1) is 0 Å². The first-order chi connectivity index (χ1) is 12.5. The van der Waals surface area contributed by atoms with Crippen LogP contribution in [0.15, 0.2) is 47.6 Å². The molecular weight excluding hydrogens is 339 g/mol. The lowest BCUT2D eigenvalue weighted by Gasteiger charge is -2.09. The molecule has 1 N–H and O–H groups in total. The minimum Gasteiger partial charge on any atom is -0.493 e. The lowest BCUT2D eigenvalue weighted by Crippen LogP contribution is -2.25. The molecule has 7 heteroatoms. The summed E-state index contributed by atoms with van der Waals surface area (Å²) in [5.74, 6) is 0.706. The first-order valence-electron chi connectivity index (χ1n) is 7.93. The molecule has 0 bridgehead atoms. The number of nitrogens with zero attached hydrogens (tertiary/aromatic N) is 1. The second kappa shape index (κ2) is 9.41. The maximum Gasteiger partial charge on any atom is 0.277 e. The number of rotatable bonds is 8. The molecule has 0 unspecified atom stereocenters. The van der Waals surface area contributed by atoms with Crippen molar-refractivity contribution in [3.63, 3.8) is 0 Å². The predicted molar refractivity (Wildman–Crippen MR) is 96.4 cm³/mol. The van der Waals surface area contributed by atoms with Crippen LogP contribution < -0.4 is 19.6 Å². The molecule has 0 saturated carbocycles. The van der Waals surface area contributed by atoms with E-state index in [0.717, 1.165) is 5.56 Å². The number of benzene rings is 2. The molecule has 2 aromatic rings. The molecule has 2 aromatic carbocycles. The van der Waals surface area contributed by atoms with Gasteiger partial charge in [0.2, 0.25) is 0 Å². The fourth-order valence-corrected chi connectivity index (χ4v) is 2.22. The first kappa shape index (κ1) is 19.2. The van der Waals surface area contributed by atoms with Crippen molar-refractivity contribution < 1.29 is 23.4 Å². The van der Waals surface area contributed by atoms with Crippen molar-refractivity contribution in [2.45, 2.75) is 13.3 Å². The Morgan fingerprint density at radius 1 is 1.12 bits per heavy atom. The van der Waals surface area contributed by atoms with Crippen LogP contribution in [0.5, 0.6) is 17.2 Å². The minimum atomic E-state index is -0.430. The molecule has 0 spiro atoms. The molecular formula is C19H21FN2O4. The Morgan fingerprint density at radius 2 is 1.88 bits per heavy atom. The lowest BCUT2D eigenvalue weighted by molar-refractivity contribution is -0.123. The molecule has 138 valence electrons. The second-order valence-corrected chi connectivity index (χ2v) is 5.49. The van der Waals surface area contributed by atoms with Crippen molar-refractivity contribution in [1.82, 2.24) is 5.43 Å². The summed E-state index contributed by atoms with van der Waals surface area (Å²) in [5, 5.41) is 4.04. The standard InChI is InChI=1S/C19H21FN2O4/c1-13(9-14-7-8-17(24-2)18(10-14)25-3)21-22-19(23)12-26-16-6-4-5-15(20)11-16/h4-8,10-11H,9,12H2,1-3H3,(H,22,23)/b21-13-. The number of hydrogen-bond acceptors (Lipinski definition) is 5. The predicted octanol–water partition coefficient (Wildman–Crippen LogP) is 2.96. The molecule has 0 radical (unpaired) electrons. The summed E-state index contributed by atoms with van der Waals surface area (Å²) in [5.41, 5.74) is 4.08. The fourth-order valence-electron chi connectivity index (χ4n) is 2.22. The molecule has 0 aliphatic heterocycles. The van der Waals surface area contributed by atoms with Gasteiger partial charge in [0, 0.05) is 18.2 Å². The van der Waals surface area contributed by atoms with Gasteiger partial charge in [-0.3, -0.25) is 4.79 Å². The fraction of sp³-hybridized carbons (Fsp3) is 0.263. The second-order valence-electron chi connectivity index (χ2n) is 5.49. The van der Waals surface area contributed by atoms with Crippen molar-refractivity contribution in [3.05, 3.63) is 53.8 Å². The van der Waals surface area contributed by atoms with Gasteiger partial charge in [-0.25, -0.2) is 9.82 Å². The molecule has 0 aliphatic rings. The average molecular weight is 360 g/mol.